The fourth-order valence-corrected chi connectivity index (χ4v) is 2.75. The Labute approximate surface area is 121 Å². The molecule has 0 saturated heterocycles. The van der Waals surface area contributed by atoms with Crippen LogP contribution < -0.4 is 0 Å². The molecule has 19 heavy (non-hydrogen) atoms. The second kappa shape index (κ2) is 6.60. The molecule has 2 aromatic rings. The minimum Gasteiger partial charge on any atom is -0.305 e. The quantitative estimate of drug-likeness (QED) is 0.483. The molecule has 1 aromatic heterocycles. The normalized spacial score (nSPS) is 10.4. The topological polar surface area (TPSA) is 54.5 Å². The predicted octanol–water partition coefficient (Wildman–Crippen LogP) is 3.07. The van der Waals surface area contributed by atoms with Crippen LogP contribution in [0.15, 0.2) is 29.4 Å². The molecule has 2 rings (SSSR count). The third kappa shape index (κ3) is 3.28. The van der Waals surface area contributed by atoms with Gasteiger partial charge in [0.2, 0.25) is 0 Å². The Hall–Kier alpha value is -1.51. The van der Waals surface area contributed by atoms with Crippen molar-refractivity contribution in [2.75, 3.05) is 11.6 Å². The van der Waals surface area contributed by atoms with Crippen molar-refractivity contribution in [1.29, 1.82) is 5.26 Å². The molecule has 0 spiro atoms. The van der Waals surface area contributed by atoms with E-state index in [9.17, 15) is 0 Å². The molecule has 98 valence electrons. The van der Waals surface area contributed by atoms with E-state index in [1.807, 2.05) is 23.7 Å². The lowest BCUT2D eigenvalue weighted by molar-refractivity contribution is 0.793. The first-order valence-electron chi connectivity index (χ1n) is 5.85. The molecule has 0 aliphatic carbocycles. The van der Waals surface area contributed by atoms with Gasteiger partial charge in [-0.3, -0.25) is 0 Å². The van der Waals surface area contributed by atoms with E-state index in [4.69, 9.17) is 16.9 Å². The fraction of sp³-hybridized carbons (Fsp3) is 0.308. The third-order valence-corrected chi connectivity index (χ3v) is 3.99. The van der Waals surface area contributed by atoms with Gasteiger partial charge in [0.1, 0.15) is 0 Å². The molecule has 0 unspecified atom stereocenters. The smallest absolute Gasteiger partial charge is 0.191 e. The van der Waals surface area contributed by atoms with Crippen LogP contribution in [0.2, 0.25) is 0 Å². The summed E-state index contributed by atoms with van der Waals surface area (Å²) in [6.45, 7) is 0. The van der Waals surface area contributed by atoms with Gasteiger partial charge in [-0.1, -0.05) is 11.8 Å². The summed E-state index contributed by atoms with van der Waals surface area (Å²) in [6.07, 6.45) is 0.950. The van der Waals surface area contributed by atoms with E-state index in [1.165, 1.54) is 0 Å². The van der Waals surface area contributed by atoms with Gasteiger partial charge in [0.15, 0.2) is 11.0 Å². The Morgan fingerprint density at radius 2 is 2.05 bits per heavy atom. The molecule has 0 amide bonds. The molecule has 1 aromatic carbocycles. The van der Waals surface area contributed by atoms with Gasteiger partial charge < -0.3 is 4.57 Å². The maximum absolute atomic E-state index is 8.78. The molecular weight excluding hydrogens is 280 g/mol. The van der Waals surface area contributed by atoms with Crippen molar-refractivity contribution in [1.82, 2.24) is 14.8 Å². The van der Waals surface area contributed by atoms with Gasteiger partial charge in [-0.05, 0) is 30.7 Å². The molecule has 0 aliphatic rings. The van der Waals surface area contributed by atoms with Crippen LogP contribution >= 0.6 is 23.4 Å². The summed E-state index contributed by atoms with van der Waals surface area (Å²) >= 11 is 7.30. The lowest BCUT2D eigenvalue weighted by Crippen LogP contribution is -1.95. The SMILES string of the molecule is Cn1c(SCCCCl)nnc1-c1ccc(C#N)cc1. The van der Waals surface area contributed by atoms with Crippen molar-refractivity contribution < 1.29 is 0 Å². The Kier molecular flexibility index (Phi) is 4.83. The molecule has 0 saturated carbocycles. The van der Waals surface area contributed by atoms with Gasteiger partial charge in [-0.15, -0.1) is 21.8 Å². The molecule has 0 fully saturated rings. The second-order valence-electron chi connectivity index (χ2n) is 3.95. The van der Waals surface area contributed by atoms with E-state index in [0.717, 1.165) is 28.7 Å². The van der Waals surface area contributed by atoms with Crippen molar-refractivity contribution in [3.8, 4) is 17.5 Å². The number of hydrogen-bond donors (Lipinski definition) is 0. The fourth-order valence-electron chi connectivity index (χ4n) is 1.60. The number of nitriles is 1. The highest BCUT2D eigenvalue weighted by atomic mass is 35.5. The summed E-state index contributed by atoms with van der Waals surface area (Å²) in [7, 11) is 1.94. The van der Waals surface area contributed by atoms with Crippen LogP contribution in [0.25, 0.3) is 11.4 Å². The number of nitrogens with zero attached hydrogens (tertiary/aromatic N) is 4. The zero-order chi connectivity index (χ0) is 13.7. The molecule has 4 nitrogen and oxygen atoms in total. The minimum absolute atomic E-state index is 0.641. The van der Waals surface area contributed by atoms with E-state index in [1.54, 1.807) is 23.9 Å². The minimum atomic E-state index is 0.641. The average Bonchev–Trinajstić information content (AvgIpc) is 2.81. The molecule has 0 aliphatic heterocycles. The van der Waals surface area contributed by atoms with E-state index < -0.39 is 0 Å². The van der Waals surface area contributed by atoms with Gasteiger partial charge in [-0.2, -0.15) is 5.26 Å². The van der Waals surface area contributed by atoms with Crippen LogP contribution in [0.3, 0.4) is 0 Å². The van der Waals surface area contributed by atoms with Gasteiger partial charge in [0.25, 0.3) is 0 Å². The zero-order valence-electron chi connectivity index (χ0n) is 10.5. The van der Waals surface area contributed by atoms with Gasteiger partial charge in [-0.25, -0.2) is 0 Å². The Morgan fingerprint density at radius 3 is 2.68 bits per heavy atom. The van der Waals surface area contributed by atoms with Crippen LogP contribution in [-0.4, -0.2) is 26.4 Å². The van der Waals surface area contributed by atoms with Gasteiger partial charge in [0, 0.05) is 24.2 Å². The van der Waals surface area contributed by atoms with Gasteiger partial charge in [0.05, 0.1) is 11.6 Å². The van der Waals surface area contributed by atoms with Crippen molar-refractivity contribution in [3.63, 3.8) is 0 Å². The first kappa shape index (κ1) is 13.9. The van der Waals surface area contributed by atoms with Crippen molar-refractivity contribution >= 4 is 23.4 Å². The number of hydrogen-bond acceptors (Lipinski definition) is 4. The zero-order valence-corrected chi connectivity index (χ0v) is 12.1. The maximum Gasteiger partial charge on any atom is 0.191 e. The summed E-state index contributed by atoms with van der Waals surface area (Å²) < 4.78 is 1.96. The van der Waals surface area contributed by atoms with Crippen LogP contribution in [0.5, 0.6) is 0 Å². The first-order chi connectivity index (χ1) is 9.26. The highest BCUT2D eigenvalue weighted by Crippen LogP contribution is 2.23. The van der Waals surface area contributed by atoms with Crippen molar-refractivity contribution in [3.05, 3.63) is 29.8 Å². The summed E-state index contributed by atoms with van der Waals surface area (Å²) in [4.78, 5) is 0. The van der Waals surface area contributed by atoms with Crippen LogP contribution in [0, 0.1) is 11.3 Å². The molecular formula is C13H13ClN4S. The van der Waals surface area contributed by atoms with E-state index in [2.05, 4.69) is 16.3 Å². The van der Waals surface area contributed by atoms with Crippen LogP contribution in [-0.2, 0) is 7.05 Å². The Bertz CT molecular complexity index is 586. The van der Waals surface area contributed by atoms with Crippen LogP contribution in [0.1, 0.15) is 12.0 Å². The lowest BCUT2D eigenvalue weighted by atomic mass is 10.1. The number of thioether (sulfide) groups is 1. The van der Waals surface area contributed by atoms with Crippen LogP contribution in [0.4, 0.5) is 0 Å². The van der Waals surface area contributed by atoms with E-state index in [0.29, 0.717) is 11.4 Å². The highest BCUT2D eigenvalue weighted by Gasteiger charge is 2.10. The monoisotopic (exact) mass is 292 g/mol. The van der Waals surface area contributed by atoms with Crippen molar-refractivity contribution in [2.45, 2.75) is 11.6 Å². The molecule has 0 bridgehead atoms. The van der Waals surface area contributed by atoms with Crippen molar-refractivity contribution in [2.24, 2.45) is 7.05 Å². The molecule has 6 heteroatoms. The van der Waals surface area contributed by atoms with E-state index >= 15 is 0 Å². The molecule has 0 N–H and O–H groups in total. The van der Waals surface area contributed by atoms with E-state index in [-0.39, 0.29) is 0 Å². The standard InChI is InChI=1S/C13H13ClN4S/c1-18-12(11-5-3-10(9-15)4-6-11)16-17-13(18)19-8-2-7-14/h3-6H,2,7-8H2,1H3. The second-order valence-corrected chi connectivity index (χ2v) is 5.39. The molecule has 0 radical (unpaired) electrons. The first-order valence-corrected chi connectivity index (χ1v) is 7.37. The third-order valence-electron chi connectivity index (χ3n) is 2.62. The summed E-state index contributed by atoms with van der Waals surface area (Å²) in [6, 6.07) is 9.43. The molecule has 1 heterocycles. The molecule has 0 atom stereocenters. The highest BCUT2D eigenvalue weighted by molar-refractivity contribution is 7.99. The number of aromatic nitrogens is 3. The lowest BCUT2D eigenvalue weighted by Gasteiger charge is -2.03. The largest absolute Gasteiger partial charge is 0.305 e. The number of alkyl halides is 1. The predicted molar refractivity (Wildman–Crippen MR) is 77.2 cm³/mol. The average molecular weight is 293 g/mol. The summed E-state index contributed by atoms with van der Waals surface area (Å²) in [5, 5.41) is 18.0. The summed E-state index contributed by atoms with van der Waals surface area (Å²) in [5.74, 6) is 2.40. The summed E-state index contributed by atoms with van der Waals surface area (Å²) in [5.41, 5.74) is 1.60. The Morgan fingerprint density at radius 1 is 1.32 bits per heavy atom. The number of halogens is 1. The van der Waals surface area contributed by atoms with Gasteiger partial charge >= 0.3 is 0 Å². The number of rotatable bonds is 5. The number of benzene rings is 1. The Balaban J connectivity index is 2.18. The maximum atomic E-state index is 8.78.